The Morgan fingerprint density at radius 3 is 3.20 bits per heavy atom. The van der Waals surface area contributed by atoms with E-state index >= 15 is 0 Å². The Morgan fingerprint density at radius 1 is 1.60 bits per heavy atom. The van der Waals surface area contributed by atoms with Crippen LogP contribution in [0.15, 0.2) is 18.3 Å². The normalized spacial score (nSPS) is 13.2. The molecule has 3 nitrogen and oxygen atoms in total. The van der Waals surface area contributed by atoms with Crippen LogP contribution in [0.5, 0.6) is 0 Å². The quantitative estimate of drug-likeness (QED) is 0.890. The van der Waals surface area contributed by atoms with Gasteiger partial charge in [-0.15, -0.1) is 0 Å². The first-order chi connectivity index (χ1) is 7.31. The molecule has 15 heavy (non-hydrogen) atoms. The summed E-state index contributed by atoms with van der Waals surface area (Å²) in [6.45, 7) is 0. The number of aromatic nitrogens is 2. The van der Waals surface area contributed by atoms with Gasteiger partial charge in [0.05, 0.1) is 6.04 Å². The lowest BCUT2D eigenvalue weighted by Gasteiger charge is -2.05. The fourth-order valence-electron chi connectivity index (χ4n) is 1.31. The van der Waals surface area contributed by atoms with Gasteiger partial charge in [-0.2, -0.15) is 11.8 Å². The molecule has 1 unspecified atom stereocenters. The number of nitrogens with two attached hydrogens (primary N) is 1. The number of nitrogens with zero attached hydrogens (tertiary/aromatic N) is 2. The molecular weight excluding hydrogens is 226 g/mol. The van der Waals surface area contributed by atoms with Crippen molar-refractivity contribution in [2.75, 3.05) is 12.0 Å². The zero-order valence-corrected chi connectivity index (χ0v) is 10.1. The lowest BCUT2D eigenvalue weighted by molar-refractivity contribution is 0.701. The highest BCUT2D eigenvalue weighted by atomic mass is 32.2. The standard InChI is InChI=1S/C10H13N3S2/c1-14-6-4-7(11)9-13-8-3-2-5-12-10(8)15-9/h2-3,5,7H,4,6,11H2,1H3. The third-order valence-corrected chi connectivity index (χ3v) is 3.89. The highest BCUT2D eigenvalue weighted by Gasteiger charge is 2.11. The Morgan fingerprint density at radius 2 is 2.47 bits per heavy atom. The number of thioether (sulfide) groups is 1. The molecule has 0 aliphatic heterocycles. The van der Waals surface area contributed by atoms with Crippen LogP contribution < -0.4 is 5.73 Å². The summed E-state index contributed by atoms with van der Waals surface area (Å²) in [6, 6.07) is 3.93. The van der Waals surface area contributed by atoms with E-state index in [0.29, 0.717) is 0 Å². The fraction of sp³-hybridized carbons (Fsp3) is 0.400. The number of hydrogen-bond acceptors (Lipinski definition) is 5. The maximum absolute atomic E-state index is 6.05. The van der Waals surface area contributed by atoms with E-state index in [-0.39, 0.29) is 6.04 Å². The van der Waals surface area contributed by atoms with Crippen molar-refractivity contribution < 1.29 is 0 Å². The van der Waals surface area contributed by atoms with Gasteiger partial charge in [-0.05, 0) is 30.6 Å². The van der Waals surface area contributed by atoms with E-state index in [1.54, 1.807) is 17.5 Å². The first kappa shape index (κ1) is 10.9. The van der Waals surface area contributed by atoms with Crippen LogP contribution in [0.4, 0.5) is 0 Å². The van der Waals surface area contributed by atoms with E-state index in [0.717, 1.165) is 27.5 Å². The molecule has 2 aromatic rings. The molecule has 5 heteroatoms. The number of thiazole rings is 1. The second kappa shape index (κ2) is 4.92. The number of hydrogen-bond donors (Lipinski definition) is 1. The molecular formula is C10H13N3S2. The maximum Gasteiger partial charge on any atom is 0.143 e. The van der Waals surface area contributed by atoms with Crippen molar-refractivity contribution in [2.24, 2.45) is 5.73 Å². The zero-order valence-electron chi connectivity index (χ0n) is 8.51. The van der Waals surface area contributed by atoms with Crippen molar-refractivity contribution in [3.63, 3.8) is 0 Å². The molecule has 0 aliphatic rings. The molecule has 2 aromatic heterocycles. The summed E-state index contributed by atoms with van der Waals surface area (Å²) in [4.78, 5) is 9.73. The minimum Gasteiger partial charge on any atom is -0.322 e. The van der Waals surface area contributed by atoms with Gasteiger partial charge in [0.15, 0.2) is 0 Å². The zero-order chi connectivity index (χ0) is 10.7. The van der Waals surface area contributed by atoms with Crippen LogP contribution in [0.2, 0.25) is 0 Å². The molecule has 2 rings (SSSR count). The minimum atomic E-state index is 0.0525. The van der Waals surface area contributed by atoms with Gasteiger partial charge in [-0.3, -0.25) is 0 Å². The second-order valence-corrected chi connectivity index (χ2v) is 5.26. The Labute approximate surface area is 97.1 Å². The molecule has 1 atom stereocenters. The Kier molecular flexibility index (Phi) is 3.56. The van der Waals surface area contributed by atoms with Crippen molar-refractivity contribution in [3.05, 3.63) is 23.3 Å². The van der Waals surface area contributed by atoms with Crippen molar-refractivity contribution in [3.8, 4) is 0 Å². The Balaban J connectivity index is 2.20. The van der Waals surface area contributed by atoms with Gasteiger partial charge in [0.25, 0.3) is 0 Å². The molecule has 2 heterocycles. The molecule has 0 amide bonds. The highest BCUT2D eigenvalue weighted by molar-refractivity contribution is 7.98. The van der Waals surface area contributed by atoms with Crippen molar-refractivity contribution in [1.29, 1.82) is 0 Å². The predicted molar refractivity (Wildman–Crippen MR) is 67.3 cm³/mol. The average Bonchev–Trinajstić information content (AvgIpc) is 2.69. The average molecular weight is 239 g/mol. The monoisotopic (exact) mass is 239 g/mol. The van der Waals surface area contributed by atoms with Gasteiger partial charge in [0.1, 0.15) is 15.4 Å². The molecule has 2 N–H and O–H groups in total. The van der Waals surface area contributed by atoms with Gasteiger partial charge in [0.2, 0.25) is 0 Å². The summed E-state index contributed by atoms with van der Waals surface area (Å²) in [5.74, 6) is 1.07. The molecule has 0 saturated carbocycles. The number of rotatable bonds is 4. The third kappa shape index (κ3) is 2.48. The molecule has 0 spiro atoms. The van der Waals surface area contributed by atoms with Gasteiger partial charge in [-0.1, -0.05) is 11.3 Å². The fourth-order valence-corrected chi connectivity index (χ4v) is 2.75. The summed E-state index contributed by atoms with van der Waals surface area (Å²) in [5, 5.41) is 0.998. The molecule has 0 aliphatic carbocycles. The van der Waals surface area contributed by atoms with E-state index < -0.39 is 0 Å². The van der Waals surface area contributed by atoms with E-state index in [4.69, 9.17) is 5.73 Å². The summed E-state index contributed by atoms with van der Waals surface area (Å²) in [5.41, 5.74) is 7.01. The van der Waals surface area contributed by atoms with Crippen LogP contribution in [0, 0.1) is 0 Å². The largest absolute Gasteiger partial charge is 0.322 e. The minimum absolute atomic E-state index is 0.0525. The lowest BCUT2D eigenvalue weighted by atomic mass is 10.2. The third-order valence-electron chi connectivity index (χ3n) is 2.13. The van der Waals surface area contributed by atoms with Gasteiger partial charge >= 0.3 is 0 Å². The summed E-state index contributed by atoms with van der Waals surface area (Å²) in [7, 11) is 0. The van der Waals surface area contributed by atoms with Gasteiger partial charge < -0.3 is 5.73 Å². The van der Waals surface area contributed by atoms with Crippen LogP contribution >= 0.6 is 23.1 Å². The van der Waals surface area contributed by atoms with Gasteiger partial charge in [-0.25, -0.2) is 9.97 Å². The Hall–Kier alpha value is -0.650. The summed E-state index contributed by atoms with van der Waals surface area (Å²) in [6.07, 6.45) is 4.85. The summed E-state index contributed by atoms with van der Waals surface area (Å²) >= 11 is 3.41. The first-order valence-corrected chi connectivity index (χ1v) is 6.98. The molecule has 0 aromatic carbocycles. The summed E-state index contributed by atoms with van der Waals surface area (Å²) < 4.78 is 0. The SMILES string of the molecule is CSCCC(N)c1nc2cccnc2s1. The second-order valence-electron chi connectivity index (χ2n) is 3.27. The topological polar surface area (TPSA) is 51.8 Å². The van der Waals surface area contributed by atoms with Gasteiger partial charge in [0, 0.05) is 6.20 Å². The molecule has 0 radical (unpaired) electrons. The van der Waals surface area contributed by atoms with E-state index in [9.17, 15) is 0 Å². The molecule has 0 fully saturated rings. The number of pyridine rings is 1. The molecule has 80 valence electrons. The van der Waals surface area contributed by atoms with Crippen LogP contribution in [0.3, 0.4) is 0 Å². The van der Waals surface area contributed by atoms with E-state index in [1.165, 1.54) is 0 Å². The van der Waals surface area contributed by atoms with Crippen molar-refractivity contribution in [1.82, 2.24) is 9.97 Å². The lowest BCUT2D eigenvalue weighted by Crippen LogP contribution is -2.10. The predicted octanol–water partition coefficient (Wildman–Crippen LogP) is 2.44. The van der Waals surface area contributed by atoms with Crippen LogP contribution in [0.1, 0.15) is 17.5 Å². The van der Waals surface area contributed by atoms with Crippen LogP contribution in [-0.2, 0) is 0 Å². The van der Waals surface area contributed by atoms with E-state index in [1.807, 2.05) is 23.9 Å². The Bertz CT molecular complexity index is 408. The highest BCUT2D eigenvalue weighted by Crippen LogP contribution is 2.25. The number of fused-ring (bicyclic) bond motifs is 1. The van der Waals surface area contributed by atoms with Crippen LogP contribution in [0.25, 0.3) is 10.3 Å². The maximum atomic E-state index is 6.05. The smallest absolute Gasteiger partial charge is 0.143 e. The van der Waals surface area contributed by atoms with E-state index in [2.05, 4.69) is 16.2 Å². The first-order valence-electron chi connectivity index (χ1n) is 4.77. The van der Waals surface area contributed by atoms with Crippen LogP contribution in [-0.4, -0.2) is 22.0 Å². The van der Waals surface area contributed by atoms with Crippen molar-refractivity contribution >= 4 is 33.4 Å². The molecule has 0 bridgehead atoms. The molecule has 0 saturated heterocycles. The van der Waals surface area contributed by atoms with Crippen molar-refractivity contribution in [2.45, 2.75) is 12.5 Å².